The Bertz CT molecular complexity index is 1360. The van der Waals surface area contributed by atoms with Gasteiger partial charge in [-0.3, -0.25) is 9.69 Å². The number of hydrogen-bond acceptors (Lipinski definition) is 6. The minimum atomic E-state index is -0.145. The Morgan fingerprint density at radius 1 is 1.05 bits per heavy atom. The monoisotopic (exact) mass is 501 g/mol. The normalized spacial score (nSPS) is 20.2. The first-order valence-electron chi connectivity index (χ1n) is 13.4. The number of ether oxygens (including phenoxy) is 2. The fourth-order valence-electron chi connectivity index (χ4n) is 6.16. The summed E-state index contributed by atoms with van der Waals surface area (Å²) in [7, 11) is 3.88. The van der Waals surface area contributed by atoms with E-state index in [1.165, 1.54) is 36.2 Å². The summed E-state index contributed by atoms with van der Waals surface area (Å²) in [6, 6.07) is 10.9. The summed E-state index contributed by atoms with van der Waals surface area (Å²) >= 11 is 0. The molecule has 2 aliphatic heterocycles. The fourth-order valence-corrected chi connectivity index (χ4v) is 6.16. The van der Waals surface area contributed by atoms with Crippen molar-refractivity contribution in [3.8, 4) is 17.2 Å². The highest BCUT2D eigenvalue weighted by molar-refractivity contribution is 6.15. The molecule has 2 fully saturated rings. The van der Waals surface area contributed by atoms with Crippen LogP contribution in [0.25, 0.3) is 17.0 Å². The van der Waals surface area contributed by atoms with E-state index in [-0.39, 0.29) is 11.5 Å². The molecule has 37 heavy (non-hydrogen) atoms. The third kappa shape index (κ3) is 4.51. The Balaban J connectivity index is 1.45. The summed E-state index contributed by atoms with van der Waals surface area (Å²) in [4.78, 5) is 18.2. The Hall–Kier alpha value is -3.29. The number of benzene rings is 2. The molecule has 0 unspecified atom stereocenters. The first-order chi connectivity index (χ1) is 18.0. The number of phenolic OH excluding ortho intramolecular Hbond substituents is 1. The van der Waals surface area contributed by atoms with E-state index in [0.29, 0.717) is 23.0 Å². The van der Waals surface area contributed by atoms with Crippen LogP contribution in [-0.4, -0.2) is 72.1 Å². The van der Waals surface area contributed by atoms with E-state index in [4.69, 9.17) is 9.47 Å². The van der Waals surface area contributed by atoms with Crippen LogP contribution in [0.5, 0.6) is 17.2 Å². The van der Waals surface area contributed by atoms with Gasteiger partial charge in [0.25, 0.3) is 0 Å². The van der Waals surface area contributed by atoms with Gasteiger partial charge >= 0.3 is 0 Å². The lowest BCUT2D eigenvalue weighted by molar-refractivity contribution is 0.101. The van der Waals surface area contributed by atoms with E-state index < -0.39 is 0 Å². The first kappa shape index (κ1) is 24.1. The Morgan fingerprint density at radius 3 is 2.59 bits per heavy atom. The number of likely N-dealkylation sites (N-methyl/N-ethyl adjacent to an activating group) is 1. The van der Waals surface area contributed by atoms with Gasteiger partial charge in [-0.25, -0.2) is 0 Å². The molecule has 194 valence electrons. The molecule has 3 aliphatic rings. The number of aromatic nitrogens is 1. The average molecular weight is 502 g/mol. The number of aromatic hydroxyl groups is 1. The maximum absolute atomic E-state index is 13.3. The van der Waals surface area contributed by atoms with Crippen LogP contribution in [0, 0.1) is 0 Å². The van der Waals surface area contributed by atoms with Crippen molar-refractivity contribution in [1.82, 2.24) is 14.4 Å². The van der Waals surface area contributed by atoms with Crippen LogP contribution in [0.2, 0.25) is 0 Å². The van der Waals surface area contributed by atoms with Crippen LogP contribution in [0.1, 0.15) is 53.2 Å². The zero-order valence-corrected chi connectivity index (χ0v) is 21.7. The molecule has 1 saturated carbocycles. The lowest BCUT2D eigenvalue weighted by Gasteiger charge is -2.32. The van der Waals surface area contributed by atoms with Crippen molar-refractivity contribution in [3.05, 3.63) is 59.0 Å². The lowest BCUT2D eigenvalue weighted by Crippen LogP contribution is -2.45. The minimum absolute atomic E-state index is 0.0877. The number of carbonyl (C=O) groups is 1. The van der Waals surface area contributed by atoms with Gasteiger partial charge in [-0.2, -0.15) is 0 Å². The number of fused-ring (bicyclic) bond motifs is 2. The molecule has 1 N–H and O–H groups in total. The van der Waals surface area contributed by atoms with Crippen molar-refractivity contribution in [2.24, 2.45) is 0 Å². The van der Waals surface area contributed by atoms with Gasteiger partial charge in [0, 0.05) is 67.5 Å². The van der Waals surface area contributed by atoms with Gasteiger partial charge in [0.15, 0.2) is 5.76 Å². The van der Waals surface area contributed by atoms with Crippen LogP contribution < -0.4 is 9.47 Å². The number of phenols is 1. The number of Topliss-reactive ketones (excluding diaryl/α,β-unsaturated/α-hetero) is 1. The summed E-state index contributed by atoms with van der Waals surface area (Å²) in [6.45, 7) is 6.29. The Morgan fingerprint density at radius 2 is 1.84 bits per heavy atom. The molecule has 3 aromatic rings. The van der Waals surface area contributed by atoms with Crippen LogP contribution in [0.3, 0.4) is 0 Å². The number of methoxy groups -OCH3 is 1. The van der Waals surface area contributed by atoms with Gasteiger partial charge in [-0.1, -0.05) is 12.8 Å². The number of hydrogen-bond donors (Lipinski definition) is 1. The quantitative estimate of drug-likeness (QED) is 0.486. The minimum Gasteiger partial charge on any atom is -0.508 e. The summed E-state index contributed by atoms with van der Waals surface area (Å²) in [5.74, 6) is 1.91. The lowest BCUT2D eigenvalue weighted by atomic mass is 9.97. The zero-order chi connectivity index (χ0) is 25.5. The van der Waals surface area contributed by atoms with Crippen molar-refractivity contribution >= 4 is 22.8 Å². The molecule has 0 spiro atoms. The third-order valence-corrected chi connectivity index (χ3v) is 8.26. The molecule has 3 heterocycles. The van der Waals surface area contributed by atoms with Gasteiger partial charge in [-0.05, 0) is 62.2 Å². The molecule has 1 saturated heterocycles. The van der Waals surface area contributed by atoms with Gasteiger partial charge in [0.1, 0.15) is 17.2 Å². The second-order valence-electron chi connectivity index (χ2n) is 10.6. The SMILES string of the molecule is COc1ccc2c(c1)c(/C=C1\Oc3cc(O)ccc3C1=O)c(C1CCCC1)n2CCN1CCN(C)CC1. The predicted octanol–water partition coefficient (Wildman–Crippen LogP) is 4.88. The first-order valence-corrected chi connectivity index (χ1v) is 13.4. The molecule has 0 radical (unpaired) electrons. The number of piperazine rings is 1. The molecular formula is C30H35N3O4. The molecule has 6 rings (SSSR count). The van der Waals surface area contributed by atoms with Gasteiger partial charge in [0.05, 0.1) is 12.7 Å². The molecule has 7 heteroatoms. The van der Waals surface area contributed by atoms with Crippen molar-refractivity contribution in [2.75, 3.05) is 46.9 Å². The number of carbonyl (C=O) groups excluding carboxylic acids is 1. The molecule has 0 bridgehead atoms. The average Bonchev–Trinajstić information content (AvgIpc) is 3.61. The van der Waals surface area contributed by atoms with Crippen molar-refractivity contribution in [2.45, 2.75) is 38.1 Å². The number of rotatable bonds is 6. The van der Waals surface area contributed by atoms with Crippen molar-refractivity contribution in [3.63, 3.8) is 0 Å². The number of nitrogens with zero attached hydrogens (tertiary/aromatic N) is 3. The third-order valence-electron chi connectivity index (χ3n) is 8.26. The molecule has 1 aromatic heterocycles. The fraction of sp³-hybridized carbons (Fsp3) is 0.433. The topological polar surface area (TPSA) is 67.2 Å². The van der Waals surface area contributed by atoms with E-state index >= 15 is 0 Å². The number of ketones is 1. The predicted molar refractivity (Wildman–Crippen MR) is 145 cm³/mol. The highest BCUT2D eigenvalue weighted by Crippen LogP contribution is 2.43. The largest absolute Gasteiger partial charge is 0.508 e. The summed E-state index contributed by atoms with van der Waals surface area (Å²) < 4.78 is 14.1. The summed E-state index contributed by atoms with van der Waals surface area (Å²) in [5.41, 5.74) is 4.02. The van der Waals surface area contributed by atoms with Crippen LogP contribution in [0.4, 0.5) is 0 Å². The molecule has 0 atom stereocenters. The van der Waals surface area contributed by atoms with Crippen molar-refractivity contribution in [1.29, 1.82) is 0 Å². The summed E-state index contributed by atoms with van der Waals surface area (Å²) in [6.07, 6.45) is 6.69. The van der Waals surface area contributed by atoms with Gasteiger partial charge < -0.3 is 24.0 Å². The zero-order valence-electron chi connectivity index (χ0n) is 21.7. The highest BCUT2D eigenvalue weighted by Gasteiger charge is 2.31. The second-order valence-corrected chi connectivity index (χ2v) is 10.6. The number of allylic oxidation sites excluding steroid dienone is 1. The molecular weight excluding hydrogens is 466 g/mol. The van der Waals surface area contributed by atoms with E-state index in [0.717, 1.165) is 68.8 Å². The molecule has 7 nitrogen and oxygen atoms in total. The van der Waals surface area contributed by atoms with Crippen LogP contribution >= 0.6 is 0 Å². The maximum Gasteiger partial charge on any atom is 0.231 e. The summed E-state index contributed by atoms with van der Waals surface area (Å²) in [5, 5.41) is 11.0. The van der Waals surface area contributed by atoms with Gasteiger partial charge in [0.2, 0.25) is 5.78 Å². The van der Waals surface area contributed by atoms with E-state index in [2.05, 4.69) is 33.5 Å². The Labute approximate surface area is 217 Å². The van der Waals surface area contributed by atoms with Crippen LogP contribution in [-0.2, 0) is 6.54 Å². The molecule has 2 aromatic carbocycles. The maximum atomic E-state index is 13.3. The van der Waals surface area contributed by atoms with E-state index in [1.54, 1.807) is 13.2 Å². The standard InChI is InChI=1S/C30H35N3O4/c1-31-11-13-32(14-12-31)15-16-33-26-10-8-22(36-2)18-24(26)25(29(33)20-5-3-4-6-20)19-28-30(35)23-9-7-21(34)17-27(23)37-28/h7-10,17-20,34H,3-6,11-16H2,1-2H3/b28-19-. The van der Waals surface area contributed by atoms with Crippen molar-refractivity contribution < 1.29 is 19.4 Å². The molecule has 0 amide bonds. The molecule has 1 aliphatic carbocycles. The van der Waals surface area contributed by atoms with E-state index in [1.807, 2.05) is 12.1 Å². The van der Waals surface area contributed by atoms with E-state index in [9.17, 15) is 9.90 Å². The second kappa shape index (κ2) is 9.88. The van der Waals surface area contributed by atoms with Gasteiger partial charge in [-0.15, -0.1) is 0 Å². The highest BCUT2D eigenvalue weighted by atomic mass is 16.5. The smallest absolute Gasteiger partial charge is 0.231 e. The van der Waals surface area contributed by atoms with Crippen LogP contribution in [0.15, 0.2) is 42.2 Å². The Kier molecular flexibility index (Phi) is 6.42.